The van der Waals surface area contributed by atoms with Gasteiger partial charge in [0, 0.05) is 24.7 Å². The Hall–Kier alpha value is -1.10. The van der Waals surface area contributed by atoms with Crippen LogP contribution in [0.5, 0.6) is 0 Å². The van der Waals surface area contributed by atoms with Gasteiger partial charge in [-0.3, -0.25) is 0 Å². The minimum atomic E-state index is -0.00935. The molecule has 96 valence electrons. The summed E-state index contributed by atoms with van der Waals surface area (Å²) in [5.41, 5.74) is 0. The first kappa shape index (κ1) is 14.0. The molecule has 0 aliphatic rings. The van der Waals surface area contributed by atoms with E-state index in [1.807, 2.05) is 13.2 Å². The van der Waals surface area contributed by atoms with Gasteiger partial charge in [0.25, 0.3) is 0 Å². The third-order valence-electron chi connectivity index (χ3n) is 2.45. The van der Waals surface area contributed by atoms with E-state index in [0.29, 0.717) is 6.54 Å². The van der Waals surface area contributed by atoms with Gasteiger partial charge in [0.2, 0.25) is 0 Å². The van der Waals surface area contributed by atoms with Crippen LogP contribution >= 0.6 is 11.3 Å². The van der Waals surface area contributed by atoms with Crippen LogP contribution < -0.4 is 5.32 Å². The van der Waals surface area contributed by atoms with E-state index >= 15 is 0 Å². The highest BCUT2D eigenvalue weighted by molar-refractivity contribution is 7.11. The zero-order valence-electron chi connectivity index (χ0n) is 10.8. The van der Waals surface area contributed by atoms with Crippen molar-refractivity contribution in [3.05, 3.63) is 16.1 Å². The van der Waals surface area contributed by atoms with Crippen molar-refractivity contribution in [2.75, 3.05) is 13.6 Å². The molecule has 4 nitrogen and oxygen atoms in total. The van der Waals surface area contributed by atoms with Crippen molar-refractivity contribution >= 4 is 17.4 Å². The Morgan fingerprint density at radius 2 is 2.29 bits per heavy atom. The van der Waals surface area contributed by atoms with Gasteiger partial charge in [-0.1, -0.05) is 20.3 Å². The number of thiazole rings is 1. The summed E-state index contributed by atoms with van der Waals surface area (Å²) < 4.78 is 0. The molecule has 1 rings (SSSR count). The molecule has 0 aliphatic carbocycles. The first-order valence-corrected chi connectivity index (χ1v) is 6.91. The molecule has 2 amide bonds. The van der Waals surface area contributed by atoms with E-state index in [1.165, 1.54) is 0 Å². The second-order valence-corrected chi connectivity index (χ2v) is 5.22. The summed E-state index contributed by atoms with van der Waals surface area (Å²) in [5.74, 6) is 0. The van der Waals surface area contributed by atoms with Crippen molar-refractivity contribution in [3.8, 4) is 0 Å². The number of aryl methyl sites for hydroxylation is 1. The molecule has 0 fully saturated rings. The average molecular weight is 255 g/mol. The van der Waals surface area contributed by atoms with Crippen LogP contribution in [-0.4, -0.2) is 29.5 Å². The number of amides is 2. The van der Waals surface area contributed by atoms with Gasteiger partial charge in [0.15, 0.2) is 0 Å². The molecule has 5 heteroatoms. The van der Waals surface area contributed by atoms with Crippen molar-refractivity contribution in [2.24, 2.45) is 0 Å². The van der Waals surface area contributed by atoms with Gasteiger partial charge in [-0.05, 0) is 12.8 Å². The van der Waals surface area contributed by atoms with Crippen LogP contribution in [0.25, 0.3) is 0 Å². The quantitative estimate of drug-likeness (QED) is 0.794. The Labute approximate surface area is 107 Å². The predicted molar refractivity (Wildman–Crippen MR) is 71.3 cm³/mol. The van der Waals surface area contributed by atoms with Gasteiger partial charge in [-0.2, -0.15) is 0 Å². The molecule has 0 saturated carbocycles. The van der Waals surface area contributed by atoms with E-state index < -0.39 is 0 Å². The van der Waals surface area contributed by atoms with Gasteiger partial charge in [0.1, 0.15) is 0 Å². The maximum atomic E-state index is 11.7. The molecule has 0 atom stereocenters. The third kappa shape index (κ3) is 4.73. The lowest BCUT2D eigenvalue weighted by molar-refractivity contribution is 0.207. The summed E-state index contributed by atoms with van der Waals surface area (Å²) in [4.78, 5) is 18.8. The molecule has 1 aromatic rings. The SMILES string of the molecule is CCCCNC(=O)N(C)Cc1cnc(CC)s1. The number of nitrogens with one attached hydrogen (secondary N) is 1. The van der Waals surface area contributed by atoms with E-state index in [2.05, 4.69) is 24.1 Å². The van der Waals surface area contributed by atoms with Gasteiger partial charge < -0.3 is 10.2 Å². The van der Waals surface area contributed by atoms with E-state index in [0.717, 1.165) is 35.7 Å². The first-order valence-electron chi connectivity index (χ1n) is 6.09. The molecule has 0 bridgehead atoms. The standard InChI is InChI=1S/C12H21N3OS/c1-4-6-7-13-12(16)15(3)9-10-8-14-11(5-2)17-10/h8H,4-7,9H2,1-3H3,(H,13,16). The largest absolute Gasteiger partial charge is 0.338 e. The lowest BCUT2D eigenvalue weighted by Gasteiger charge is -2.16. The fourth-order valence-electron chi connectivity index (χ4n) is 1.40. The van der Waals surface area contributed by atoms with Crippen LogP contribution in [-0.2, 0) is 13.0 Å². The lowest BCUT2D eigenvalue weighted by atomic mass is 10.3. The number of unbranched alkanes of at least 4 members (excludes halogenated alkanes) is 1. The zero-order chi connectivity index (χ0) is 12.7. The van der Waals surface area contributed by atoms with Crippen molar-refractivity contribution in [1.82, 2.24) is 15.2 Å². The van der Waals surface area contributed by atoms with Gasteiger partial charge in [-0.15, -0.1) is 11.3 Å². The highest BCUT2D eigenvalue weighted by Gasteiger charge is 2.09. The molecule has 0 aromatic carbocycles. The second kappa shape index (κ2) is 7.27. The summed E-state index contributed by atoms with van der Waals surface area (Å²) in [5, 5.41) is 4.02. The van der Waals surface area contributed by atoms with Crippen LogP contribution in [0.2, 0.25) is 0 Å². The van der Waals surface area contributed by atoms with E-state index in [9.17, 15) is 4.79 Å². The van der Waals surface area contributed by atoms with Crippen LogP contribution in [0.4, 0.5) is 4.79 Å². The van der Waals surface area contributed by atoms with Gasteiger partial charge in [-0.25, -0.2) is 9.78 Å². The van der Waals surface area contributed by atoms with Crippen LogP contribution in [0.1, 0.15) is 36.6 Å². The third-order valence-corrected chi connectivity index (χ3v) is 3.58. The summed E-state index contributed by atoms with van der Waals surface area (Å²) in [6.45, 7) is 5.58. The summed E-state index contributed by atoms with van der Waals surface area (Å²) in [6, 6.07) is -0.00935. The fraction of sp³-hybridized carbons (Fsp3) is 0.667. The number of hydrogen-bond acceptors (Lipinski definition) is 3. The maximum Gasteiger partial charge on any atom is 0.317 e. The second-order valence-electron chi connectivity index (χ2n) is 4.02. The van der Waals surface area contributed by atoms with Crippen LogP contribution in [0.15, 0.2) is 6.20 Å². The number of nitrogens with zero attached hydrogens (tertiary/aromatic N) is 2. The monoisotopic (exact) mass is 255 g/mol. The smallest absolute Gasteiger partial charge is 0.317 e. The Kier molecular flexibility index (Phi) is 5.97. The minimum Gasteiger partial charge on any atom is -0.338 e. The molecule has 0 saturated heterocycles. The summed E-state index contributed by atoms with van der Waals surface area (Å²) in [7, 11) is 1.81. The van der Waals surface area contributed by atoms with Gasteiger partial charge in [0.05, 0.1) is 11.6 Å². The van der Waals surface area contributed by atoms with Crippen molar-refractivity contribution in [2.45, 2.75) is 39.7 Å². The minimum absolute atomic E-state index is 0.00935. The molecular weight excluding hydrogens is 234 g/mol. The van der Waals surface area contributed by atoms with E-state index in [1.54, 1.807) is 16.2 Å². The Bertz CT molecular complexity index is 351. The number of carbonyl (C=O) groups excluding carboxylic acids is 1. The molecule has 0 unspecified atom stereocenters. The molecule has 1 aromatic heterocycles. The van der Waals surface area contributed by atoms with Gasteiger partial charge >= 0.3 is 6.03 Å². The van der Waals surface area contributed by atoms with E-state index in [4.69, 9.17) is 0 Å². The van der Waals surface area contributed by atoms with Crippen molar-refractivity contribution in [1.29, 1.82) is 0 Å². The number of aromatic nitrogens is 1. The number of hydrogen-bond donors (Lipinski definition) is 1. The molecule has 1 heterocycles. The first-order chi connectivity index (χ1) is 8.17. The maximum absolute atomic E-state index is 11.7. The number of carbonyl (C=O) groups is 1. The highest BCUT2D eigenvalue weighted by Crippen LogP contribution is 2.14. The zero-order valence-corrected chi connectivity index (χ0v) is 11.6. The molecule has 0 aliphatic heterocycles. The van der Waals surface area contributed by atoms with Crippen LogP contribution in [0.3, 0.4) is 0 Å². The molecule has 1 N–H and O–H groups in total. The van der Waals surface area contributed by atoms with Crippen LogP contribution in [0, 0.1) is 0 Å². The molecule has 17 heavy (non-hydrogen) atoms. The molecule has 0 radical (unpaired) electrons. The lowest BCUT2D eigenvalue weighted by Crippen LogP contribution is -2.37. The van der Waals surface area contributed by atoms with Crippen molar-refractivity contribution < 1.29 is 4.79 Å². The highest BCUT2D eigenvalue weighted by atomic mass is 32.1. The Morgan fingerprint density at radius 3 is 2.88 bits per heavy atom. The Balaban J connectivity index is 2.37. The number of urea groups is 1. The van der Waals surface area contributed by atoms with Crippen molar-refractivity contribution in [3.63, 3.8) is 0 Å². The van der Waals surface area contributed by atoms with E-state index in [-0.39, 0.29) is 6.03 Å². The summed E-state index contributed by atoms with van der Waals surface area (Å²) in [6.07, 6.45) is 4.94. The summed E-state index contributed by atoms with van der Waals surface area (Å²) >= 11 is 1.67. The predicted octanol–water partition coefficient (Wildman–Crippen LogP) is 2.65. The average Bonchev–Trinajstić information content (AvgIpc) is 2.77. The number of rotatable bonds is 6. The topological polar surface area (TPSA) is 45.2 Å². The molecular formula is C12H21N3OS. The Morgan fingerprint density at radius 1 is 1.53 bits per heavy atom. The normalized spacial score (nSPS) is 10.3. The molecule has 0 spiro atoms. The fourth-order valence-corrected chi connectivity index (χ4v) is 2.31.